The summed E-state index contributed by atoms with van der Waals surface area (Å²) in [4.78, 5) is 11.9. The quantitative estimate of drug-likeness (QED) is 0.683. The third-order valence-corrected chi connectivity index (χ3v) is 5.37. The molecule has 7 nitrogen and oxygen atoms in total. The van der Waals surface area contributed by atoms with E-state index in [0.29, 0.717) is 5.56 Å². The molecular weight excluding hydrogens is 388 g/mol. The summed E-state index contributed by atoms with van der Waals surface area (Å²) in [7, 11) is -0.948. The van der Waals surface area contributed by atoms with Crippen molar-refractivity contribution in [3.05, 3.63) is 65.4 Å². The van der Waals surface area contributed by atoms with Gasteiger partial charge in [-0.15, -0.1) is 0 Å². The number of aryl methyl sites for hydroxylation is 1. The Bertz CT molecular complexity index is 1100. The summed E-state index contributed by atoms with van der Waals surface area (Å²) in [6.07, 6.45) is 1.42. The van der Waals surface area contributed by atoms with Crippen molar-refractivity contribution < 1.29 is 13.2 Å². The number of nitrogens with one attached hydrogen (secondary N) is 2. The van der Waals surface area contributed by atoms with Gasteiger partial charge in [-0.3, -0.25) is 14.2 Å². The lowest BCUT2D eigenvalue weighted by atomic mass is 10.1. The third-order valence-electron chi connectivity index (χ3n) is 3.80. The average molecular weight is 405 g/mol. The Balaban J connectivity index is 2.02. The number of anilines is 1. The predicted octanol–water partition coefficient (Wildman–Crippen LogP) is 2.90. The van der Waals surface area contributed by atoms with Gasteiger partial charge in [0.05, 0.1) is 10.6 Å². The van der Waals surface area contributed by atoms with Gasteiger partial charge in [-0.05, 0) is 29.3 Å². The molecule has 0 aliphatic rings. The number of nitrogens with zero attached hydrogens (tertiary/aromatic N) is 2. The van der Waals surface area contributed by atoms with Gasteiger partial charge in [0.2, 0.25) is 0 Å². The van der Waals surface area contributed by atoms with Crippen LogP contribution < -0.4 is 10.0 Å². The van der Waals surface area contributed by atoms with Crippen LogP contribution in [0.5, 0.6) is 0 Å². The fourth-order valence-electron chi connectivity index (χ4n) is 2.57. The number of sulfonamides is 1. The number of aromatic nitrogens is 2. The Morgan fingerprint density at radius 3 is 2.48 bits per heavy atom. The van der Waals surface area contributed by atoms with E-state index in [0.717, 1.165) is 5.56 Å². The molecule has 3 aromatic rings. The van der Waals surface area contributed by atoms with Crippen molar-refractivity contribution >= 4 is 33.2 Å². The molecule has 9 heteroatoms. The lowest BCUT2D eigenvalue weighted by Crippen LogP contribution is -2.21. The number of amides is 1. The molecule has 0 unspecified atom stereocenters. The van der Waals surface area contributed by atoms with Gasteiger partial charge in [0, 0.05) is 25.3 Å². The molecule has 1 amide bonds. The van der Waals surface area contributed by atoms with Gasteiger partial charge in [-0.25, -0.2) is 8.42 Å². The van der Waals surface area contributed by atoms with Crippen LogP contribution in [0, 0.1) is 0 Å². The molecule has 0 aliphatic carbocycles. The largest absolute Gasteiger partial charge is 0.354 e. The maximum absolute atomic E-state index is 12.9. The number of carbonyl (C=O) groups excluding carboxylic acids is 1. The smallest absolute Gasteiger partial charge is 0.273 e. The van der Waals surface area contributed by atoms with E-state index in [4.69, 9.17) is 11.6 Å². The zero-order valence-corrected chi connectivity index (χ0v) is 16.2. The normalized spacial score (nSPS) is 11.2. The number of halogens is 1. The van der Waals surface area contributed by atoms with Crippen LogP contribution in [0.15, 0.2) is 59.6 Å². The topological polar surface area (TPSA) is 93.1 Å². The molecule has 0 aliphatic heterocycles. The molecule has 0 radical (unpaired) electrons. The first-order valence-electron chi connectivity index (χ1n) is 7.95. The van der Waals surface area contributed by atoms with Gasteiger partial charge >= 0.3 is 0 Å². The van der Waals surface area contributed by atoms with Gasteiger partial charge in [0.25, 0.3) is 15.9 Å². The average Bonchev–Trinajstić information content (AvgIpc) is 3.00. The third kappa shape index (κ3) is 4.12. The van der Waals surface area contributed by atoms with Gasteiger partial charge in [-0.1, -0.05) is 41.9 Å². The minimum atomic E-state index is -3.99. The van der Waals surface area contributed by atoms with Crippen molar-refractivity contribution in [3.8, 4) is 11.1 Å². The van der Waals surface area contributed by atoms with Gasteiger partial charge in [-0.2, -0.15) is 5.10 Å². The summed E-state index contributed by atoms with van der Waals surface area (Å²) in [5, 5.41) is 6.71. The highest BCUT2D eigenvalue weighted by molar-refractivity contribution is 7.92. The van der Waals surface area contributed by atoms with Crippen molar-refractivity contribution in [1.29, 1.82) is 0 Å². The number of hydrogen-bond acceptors (Lipinski definition) is 4. The van der Waals surface area contributed by atoms with Crippen molar-refractivity contribution in [2.24, 2.45) is 7.05 Å². The molecule has 27 heavy (non-hydrogen) atoms. The molecule has 1 heterocycles. The number of benzene rings is 2. The van der Waals surface area contributed by atoms with Crippen LogP contribution in [0.3, 0.4) is 0 Å². The maximum Gasteiger partial charge on any atom is 0.273 e. The van der Waals surface area contributed by atoms with Crippen LogP contribution in [0.4, 0.5) is 5.69 Å². The maximum atomic E-state index is 12.9. The summed E-state index contributed by atoms with van der Waals surface area (Å²) in [6, 6.07) is 13.9. The monoisotopic (exact) mass is 404 g/mol. The molecule has 2 aromatic carbocycles. The van der Waals surface area contributed by atoms with E-state index in [9.17, 15) is 13.2 Å². The molecule has 3 rings (SSSR count). The lowest BCUT2D eigenvalue weighted by molar-refractivity contribution is 0.0958. The Hall–Kier alpha value is -2.84. The Morgan fingerprint density at radius 2 is 1.81 bits per heavy atom. The highest BCUT2D eigenvalue weighted by Crippen LogP contribution is 2.28. The molecule has 0 atom stereocenters. The number of hydrogen-bond donors (Lipinski definition) is 2. The SMILES string of the molecule is CNC(=O)c1nn(C)cc1NS(=O)(=O)c1cc(Cl)cc(-c2ccccc2)c1. The molecule has 0 saturated heterocycles. The first-order chi connectivity index (χ1) is 12.8. The Labute approximate surface area is 162 Å². The van der Waals surface area contributed by atoms with E-state index in [2.05, 4.69) is 15.1 Å². The number of carbonyl (C=O) groups is 1. The van der Waals surface area contributed by atoms with Crippen LogP contribution in [0.1, 0.15) is 10.5 Å². The fourth-order valence-corrected chi connectivity index (χ4v) is 3.99. The van der Waals surface area contributed by atoms with Crippen molar-refractivity contribution in [2.75, 3.05) is 11.8 Å². The van der Waals surface area contributed by atoms with Gasteiger partial charge in [0.15, 0.2) is 5.69 Å². The Kier molecular flexibility index (Phi) is 5.20. The highest BCUT2D eigenvalue weighted by atomic mass is 35.5. The first kappa shape index (κ1) is 18.9. The van der Waals surface area contributed by atoms with E-state index >= 15 is 0 Å². The van der Waals surface area contributed by atoms with Crippen LogP contribution in [-0.4, -0.2) is 31.2 Å². The standard InChI is InChI=1S/C18H17ClN4O3S/c1-20-18(24)17-16(11-23(2)21-17)22-27(25,26)15-9-13(8-14(19)10-15)12-6-4-3-5-7-12/h3-11,22H,1-2H3,(H,20,24). The zero-order valence-electron chi connectivity index (χ0n) is 14.6. The summed E-state index contributed by atoms with van der Waals surface area (Å²) >= 11 is 6.14. The summed E-state index contributed by atoms with van der Waals surface area (Å²) in [5.74, 6) is -0.496. The van der Waals surface area contributed by atoms with E-state index in [1.807, 2.05) is 30.3 Å². The van der Waals surface area contributed by atoms with Crippen molar-refractivity contribution in [3.63, 3.8) is 0 Å². The molecular formula is C18H17ClN4O3S. The zero-order chi connectivity index (χ0) is 19.6. The molecule has 0 spiro atoms. The Morgan fingerprint density at radius 1 is 1.11 bits per heavy atom. The van der Waals surface area contributed by atoms with E-state index in [1.165, 1.54) is 30.1 Å². The van der Waals surface area contributed by atoms with E-state index in [-0.39, 0.29) is 21.3 Å². The first-order valence-corrected chi connectivity index (χ1v) is 9.81. The molecule has 0 bridgehead atoms. The minimum Gasteiger partial charge on any atom is -0.354 e. The second-order valence-corrected chi connectivity index (χ2v) is 7.91. The molecule has 0 saturated carbocycles. The lowest BCUT2D eigenvalue weighted by Gasteiger charge is -2.10. The number of rotatable bonds is 5. The fraction of sp³-hybridized carbons (Fsp3) is 0.111. The van der Waals surface area contributed by atoms with Crippen LogP contribution in [0.25, 0.3) is 11.1 Å². The van der Waals surface area contributed by atoms with Gasteiger partial charge < -0.3 is 5.32 Å². The molecule has 2 N–H and O–H groups in total. The van der Waals surface area contributed by atoms with E-state index < -0.39 is 15.9 Å². The summed E-state index contributed by atoms with van der Waals surface area (Å²) in [6.45, 7) is 0. The predicted molar refractivity (Wildman–Crippen MR) is 104 cm³/mol. The van der Waals surface area contributed by atoms with Crippen LogP contribution >= 0.6 is 11.6 Å². The molecule has 140 valence electrons. The molecule has 0 fully saturated rings. The second kappa shape index (κ2) is 7.42. The van der Waals surface area contributed by atoms with Gasteiger partial charge in [0.1, 0.15) is 0 Å². The highest BCUT2D eigenvalue weighted by Gasteiger charge is 2.22. The summed E-state index contributed by atoms with van der Waals surface area (Å²) in [5.41, 5.74) is 1.57. The second-order valence-electron chi connectivity index (χ2n) is 5.79. The van der Waals surface area contributed by atoms with Crippen LogP contribution in [0.2, 0.25) is 5.02 Å². The van der Waals surface area contributed by atoms with Crippen LogP contribution in [-0.2, 0) is 17.1 Å². The molecule has 1 aromatic heterocycles. The summed E-state index contributed by atoms with van der Waals surface area (Å²) < 4.78 is 29.5. The van der Waals surface area contributed by atoms with Crippen molar-refractivity contribution in [1.82, 2.24) is 15.1 Å². The van der Waals surface area contributed by atoms with Crippen molar-refractivity contribution in [2.45, 2.75) is 4.90 Å². The minimum absolute atomic E-state index is 0.0134. The van der Waals surface area contributed by atoms with E-state index in [1.54, 1.807) is 13.1 Å².